The van der Waals surface area contributed by atoms with E-state index >= 15 is 0 Å². The van der Waals surface area contributed by atoms with Gasteiger partial charge in [0, 0.05) is 42.1 Å². The first-order valence-electron chi connectivity index (χ1n) is 4.92. The van der Waals surface area contributed by atoms with Crippen molar-refractivity contribution in [2.24, 2.45) is 0 Å². The Morgan fingerprint density at radius 3 is 2.40 bits per heavy atom. The van der Waals surface area contributed by atoms with Gasteiger partial charge in [0.2, 0.25) is 5.95 Å². The van der Waals surface area contributed by atoms with Crippen LogP contribution in [0.15, 0.2) is 12.4 Å². The molecule has 1 fully saturated rings. The summed E-state index contributed by atoms with van der Waals surface area (Å²) in [6.45, 7) is 4.17. The first-order chi connectivity index (χ1) is 7.24. The van der Waals surface area contributed by atoms with E-state index in [9.17, 15) is 0 Å². The van der Waals surface area contributed by atoms with Gasteiger partial charge in [-0.1, -0.05) is 0 Å². The van der Waals surface area contributed by atoms with Gasteiger partial charge in [0.25, 0.3) is 0 Å². The summed E-state index contributed by atoms with van der Waals surface area (Å²) in [4.78, 5) is 10.7. The highest BCUT2D eigenvalue weighted by atomic mass is 127. The Kier molecular flexibility index (Phi) is 3.71. The predicted molar refractivity (Wildman–Crippen MR) is 67.4 cm³/mol. The molecular formula is C9H14IN5. The maximum atomic E-state index is 4.21. The van der Waals surface area contributed by atoms with Gasteiger partial charge >= 0.3 is 0 Å². The molecule has 6 heteroatoms. The first kappa shape index (κ1) is 11.0. The number of anilines is 1. The Morgan fingerprint density at radius 2 is 1.80 bits per heavy atom. The minimum atomic E-state index is 0.681. The zero-order valence-corrected chi connectivity index (χ0v) is 10.8. The standard InChI is InChI=1S/C9H14IN5/c1-14-2-4-15(5-3-14)13-9-11-6-8(10)7-12-9/h6-7H,2-5H2,1H3,(H,11,12,13). The second-order valence-electron chi connectivity index (χ2n) is 3.63. The summed E-state index contributed by atoms with van der Waals surface area (Å²) in [5, 5.41) is 2.15. The lowest BCUT2D eigenvalue weighted by molar-refractivity contribution is 0.178. The summed E-state index contributed by atoms with van der Waals surface area (Å²) >= 11 is 2.20. The van der Waals surface area contributed by atoms with E-state index in [1.165, 1.54) is 0 Å². The van der Waals surface area contributed by atoms with Gasteiger partial charge in [0.1, 0.15) is 0 Å². The van der Waals surface area contributed by atoms with Crippen LogP contribution in [0, 0.1) is 3.57 Å². The second-order valence-corrected chi connectivity index (χ2v) is 4.87. The van der Waals surface area contributed by atoms with Crippen LogP contribution in [0.25, 0.3) is 0 Å². The third-order valence-electron chi connectivity index (χ3n) is 2.38. The van der Waals surface area contributed by atoms with Crippen LogP contribution in [0.2, 0.25) is 0 Å². The van der Waals surface area contributed by atoms with Crippen LogP contribution in [0.1, 0.15) is 0 Å². The fraction of sp³-hybridized carbons (Fsp3) is 0.556. The Bertz CT molecular complexity index is 307. The van der Waals surface area contributed by atoms with Crippen molar-refractivity contribution in [2.75, 3.05) is 38.7 Å². The molecule has 0 unspecified atom stereocenters. The Hall–Kier alpha value is -0.470. The molecule has 1 aromatic heterocycles. The molecule has 0 atom stereocenters. The lowest BCUT2D eigenvalue weighted by Crippen LogP contribution is -2.47. The molecule has 0 radical (unpaired) electrons. The number of rotatable bonds is 2. The number of hydrogen-bond donors (Lipinski definition) is 1. The number of aromatic nitrogens is 2. The van der Waals surface area contributed by atoms with Gasteiger partial charge in [-0.2, -0.15) is 0 Å². The van der Waals surface area contributed by atoms with Gasteiger partial charge in [-0.15, -0.1) is 0 Å². The molecule has 0 aliphatic carbocycles. The minimum absolute atomic E-state index is 0.681. The average Bonchev–Trinajstić information content (AvgIpc) is 2.25. The maximum absolute atomic E-state index is 4.21. The molecule has 0 saturated carbocycles. The monoisotopic (exact) mass is 319 g/mol. The number of piperazine rings is 1. The van der Waals surface area contributed by atoms with Crippen LogP contribution in [-0.2, 0) is 0 Å². The van der Waals surface area contributed by atoms with E-state index in [0.29, 0.717) is 5.95 Å². The molecule has 0 spiro atoms. The molecule has 0 amide bonds. The van der Waals surface area contributed by atoms with E-state index < -0.39 is 0 Å². The number of halogens is 1. The zero-order valence-electron chi connectivity index (χ0n) is 8.65. The number of nitrogens with one attached hydrogen (secondary N) is 1. The summed E-state index contributed by atoms with van der Waals surface area (Å²) in [5.74, 6) is 0.681. The fourth-order valence-corrected chi connectivity index (χ4v) is 1.71. The van der Waals surface area contributed by atoms with E-state index in [1.807, 2.05) is 12.4 Å². The third kappa shape index (κ3) is 3.25. The molecule has 2 heterocycles. The molecule has 1 N–H and O–H groups in total. The lowest BCUT2D eigenvalue weighted by atomic mass is 10.4. The number of likely N-dealkylation sites (N-methyl/N-ethyl adjacent to an activating group) is 1. The van der Waals surface area contributed by atoms with Gasteiger partial charge in [-0.25, -0.2) is 15.0 Å². The van der Waals surface area contributed by atoms with E-state index in [0.717, 1.165) is 29.7 Å². The van der Waals surface area contributed by atoms with E-state index in [1.54, 1.807) is 0 Å². The van der Waals surface area contributed by atoms with Crippen molar-refractivity contribution in [3.63, 3.8) is 0 Å². The number of hydrazine groups is 1. The SMILES string of the molecule is CN1CCN(Nc2ncc(I)cn2)CC1. The topological polar surface area (TPSA) is 44.3 Å². The van der Waals surface area contributed by atoms with Crippen molar-refractivity contribution in [3.05, 3.63) is 16.0 Å². The van der Waals surface area contributed by atoms with Crippen LogP contribution in [0.3, 0.4) is 0 Å². The van der Waals surface area contributed by atoms with Crippen LogP contribution in [0.4, 0.5) is 5.95 Å². The normalized spacial score (nSPS) is 19.1. The van der Waals surface area contributed by atoms with Crippen molar-refractivity contribution in [3.8, 4) is 0 Å². The molecule has 82 valence electrons. The minimum Gasteiger partial charge on any atom is -0.304 e. The Labute approximate surface area is 103 Å². The summed E-state index contributed by atoms with van der Waals surface area (Å²) in [7, 11) is 2.14. The van der Waals surface area contributed by atoms with Crippen molar-refractivity contribution in [1.82, 2.24) is 19.9 Å². The van der Waals surface area contributed by atoms with Crippen LogP contribution in [0.5, 0.6) is 0 Å². The molecule has 1 aliphatic heterocycles. The van der Waals surface area contributed by atoms with Gasteiger partial charge in [-0.3, -0.25) is 5.43 Å². The van der Waals surface area contributed by atoms with Gasteiger partial charge in [0.05, 0.1) is 0 Å². The zero-order chi connectivity index (χ0) is 10.7. The molecule has 0 aromatic carbocycles. The van der Waals surface area contributed by atoms with E-state index in [4.69, 9.17) is 0 Å². The lowest BCUT2D eigenvalue weighted by Gasteiger charge is -2.32. The number of hydrogen-bond acceptors (Lipinski definition) is 5. The predicted octanol–water partition coefficient (Wildman–Crippen LogP) is 0.655. The van der Waals surface area contributed by atoms with Gasteiger partial charge in [-0.05, 0) is 29.6 Å². The fourth-order valence-electron chi connectivity index (χ4n) is 1.43. The smallest absolute Gasteiger partial charge is 0.237 e. The average molecular weight is 319 g/mol. The van der Waals surface area contributed by atoms with Crippen molar-refractivity contribution in [1.29, 1.82) is 0 Å². The van der Waals surface area contributed by atoms with Crippen molar-refractivity contribution in [2.45, 2.75) is 0 Å². The summed E-state index contributed by atoms with van der Waals surface area (Å²) in [5.41, 5.74) is 3.21. The molecule has 2 rings (SSSR count). The quantitative estimate of drug-likeness (QED) is 0.811. The summed E-state index contributed by atoms with van der Waals surface area (Å²) in [6.07, 6.45) is 3.62. The first-order valence-corrected chi connectivity index (χ1v) is 5.99. The highest BCUT2D eigenvalue weighted by molar-refractivity contribution is 14.1. The van der Waals surface area contributed by atoms with Crippen molar-refractivity contribution < 1.29 is 0 Å². The second kappa shape index (κ2) is 5.04. The molecule has 1 aliphatic rings. The molecular weight excluding hydrogens is 305 g/mol. The Balaban J connectivity index is 1.89. The van der Waals surface area contributed by atoms with Gasteiger partial charge in [0.15, 0.2) is 0 Å². The highest BCUT2D eigenvalue weighted by Crippen LogP contribution is 2.05. The van der Waals surface area contributed by atoms with E-state index in [2.05, 4.69) is 54.9 Å². The summed E-state index contributed by atoms with van der Waals surface area (Å²) in [6, 6.07) is 0. The molecule has 15 heavy (non-hydrogen) atoms. The number of nitrogens with zero attached hydrogens (tertiary/aromatic N) is 4. The van der Waals surface area contributed by atoms with Gasteiger partial charge < -0.3 is 4.90 Å². The van der Waals surface area contributed by atoms with Crippen molar-refractivity contribution >= 4 is 28.5 Å². The molecule has 1 saturated heterocycles. The summed E-state index contributed by atoms with van der Waals surface area (Å²) < 4.78 is 1.05. The highest BCUT2D eigenvalue weighted by Gasteiger charge is 2.13. The van der Waals surface area contributed by atoms with Crippen LogP contribution >= 0.6 is 22.6 Å². The van der Waals surface area contributed by atoms with E-state index in [-0.39, 0.29) is 0 Å². The third-order valence-corrected chi connectivity index (χ3v) is 2.94. The van der Waals surface area contributed by atoms with Crippen LogP contribution < -0.4 is 5.43 Å². The molecule has 1 aromatic rings. The molecule has 0 bridgehead atoms. The molecule has 5 nitrogen and oxygen atoms in total. The largest absolute Gasteiger partial charge is 0.304 e. The maximum Gasteiger partial charge on any atom is 0.237 e. The Morgan fingerprint density at radius 1 is 1.20 bits per heavy atom. The van der Waals surface area contributed by atoms with Crippen LogP contribution in [-0.4, -0.2) is 53.1 Å².